The normalized spacial score (nSPS) is 14.3. The minimum absolute atomic E-state index is 0.560. The summed E-state index contributed by atoms with van der Waals surface area (Å²) in [5.74, 6) is 0. The molecule has 0 aliphatic heterocycles. The number of rotatable bonds is 6. The number of nitrogens with zero attached hydrogens (tertiary/aromatic N) is 2. The highest BCUT2D eigenvalue weighted by Gasteiger charge is 2.24. The third-order valence-electron chi connectivity index (χ3n) is 3.54. The van der Waals surface area contributed by atoms with E-state index in [0.717, 1.165) is 30.5 Å². The minimum Gasteiger partial charge on any atom is -0.388 e. The molecule has 3 nitrogen and oxygen atoms in total. The molecule has 3 heteroatoms. The maximum Gasteiger partial charge on any atom is 0.0923 e. The Morgan fingerprint density at radius 3 is 2.53 bits per heavy atom. The Morgan fingerprint density at radius 2 is 1.89 bits per heavy atom. The smallest absolute Gasteiger partial charge is 0.0923 e. The predicted octanol–water partition coefficient (Wildman–Crippen LogP) is 3.49. The third-order valence-corrected chi connectivity index (χ3v) is 3.54. The van der Waals surface area contributed by atoms with Gasteiger partial charge in [0.2, 0.25) is 0 Å². The van der Waals surface area contributed by atoms with E-state index in [1.807, 2.05) is 54.2 Å². The highest BCUT2D eigenvalue weighted by atomic mass is 16.3. The van der Waals surface area contributed by atoms with E-state index >= 15 is 0 Å². The number of hydrogen-bond acceptors (Lipinski definition) is 2. The van der Waals surface area contributed by atoms with Crippen molar-refractivity contribution in [2.75, 3.05) is 0 Å². The van der Waals surface area contributed by atoms with E-state index in [0.29, 0.717) is 6.54 Å². The van der Waals surface area contributed by atoms with Gasteiger partial charge in [-0.25, -0.2) is 0 Å². The summed E-state index contributed by atoms with van der Waals surface area (Å²) >= 11 is 0. The molecule has 1 aromatic heterocycles. The molecule has 0 amide bonds. The summed E-state index contributed by atoms with van der Waals surface area (Å²) in [7, 11) is 0. The Labute approximate surface area is 114 Å². The fraction of sp³-hybridized carbons (Fsp3) is 0.438. The van der Waals surface area contributed by atoms with E-state index in [-0.39, 0.29) is 0 Å². The van der Waals surface area contributed by atoms with Gasteiger partial charge in [-0.2, -0.15) is 5.10 Å². The van der Waals surface area contributed by atoms with Crippen LogP contribution in [0.1, 0.15) is 33.1 Å². The molecule has 1 unspecified atom stereocenters. The van der Waals surface area contributed by atoms with Gasteiger partial charge in [0.15, 0.2) is 0 Å². The molecule has 0 aliphatic rings. The van der Waals surface area contributed by atoms with Gasteiger partial charge in [-0.05, 0) is 18.9 Å². The van der Waals surface area contributed by atoms with Crippen molar-refractivity contribution in [1.29, 1.82) is 0 Å². The summed E-state index contributed by atoms with van der Waals surface area (Å²) < 4.78 is 1.85. The summed E-state index contributed by atoms with van der Waals surface area (Å²) in [6.45, 7) is 4.68. The maximum absolute atomic E-state index is 10.5. The van der Waals surface area contributed by atoms with E-state index in [9.17, 15) is 5.11 Å². The lowest BCUT2D eigenvalue weighted by Gasteiger charge is -2.26. The van der Waals surface area contributed by atoms with Crippen LogP contribution in [0.4, 0.5) is 0 Å². The molecule has 102 valence electrons. The molecule has 1 heterocycles. The summed E-state index contributed by atoms with van der Waals surface area (Å²) in [6.07, 6.45) is 4.49. The summed E-state index contributed by atoms with van der Waals surface area (Å²) in [5, 5.41) is 15.0. The molecular weight excluding hydrogens is 236 g/mol. The summed E-state index contributed by atoms with van der Waals surface area (Å²) in [5.41, 5.74) is 1.42. The van der Waals surface area contributed by atoms with E-state index < -0.39 is 5.60 Å². The van der Waals surface area contributed by atoms with Gasteiger partial charge in [-0.3, -0.25) is 4.68 Å². The van der Waals surface area contributed by atoms with Crippen molar-refractivity contribution in [3.05, 3.63) is 42.6 Å². The molecule has 0 fully saturated rings. The first-order valence-electron chi connectivity index (χ1n) is 6.98. The first kappa shape index (κ1) is 13.8. The quantitative estimate of drug-likeness (QED) is 0.861. The monoisotopic (exact) mass is 258 g/mol. The summed E-state index contributed by atoms with van der Waals surface area (Å²) in [4.78, 5) is 0. The van der Waals surface area contributed by atoms with Gasteiger partial charge in [0.25, 0.3) is 0 Å². The highest BCUT2D eigenvalue weighted by molar-refractivity contribution is 5.57. The van der Waals surface area contributed by atoms with Gasteiger partial charge in [0.05, 0.1) is 17.8 Å². The van der Waals surface area contributed by atoms with Crippen molar-refractivity contribution < 1.29 is 5.11 Å². The van der Waals surface area contributed by atoms with Crippen molar-refractivity contribution >= 4 is 0 Å². The van der Waals surface area contributed by atoms with Gasteiger partial charge in [-0.15, -0.1) is 0 Å². The SMILES string of the molecule is CCCC(O)(CC)Cn1ccc(-c2ccccc2)n1. The van der Waals surface area contributed by atoms with Gasteiger partial charge in [0, 0.05) is 11.8 Å². The fourth-order valence-electron chi connectivity index (χ4n) is 2.35. The van der Waals surface area contributed by atoms with Crippen LogP contribution in [0.15, 0.2) is 42.6 Å². The van der Waals surface area contributed by atoms with Crippen molar-refractivity contribution in [3.63, 3.8) is 0 Å². The second kappa shape index (κ2) is 6.02. The van der Waals surface area contributed by atoms with Crippen molar-refractivity contribution in [3.8, 4) is 11.3 Å². The van der Waals surface area contributed by atoms with Gasteiger partial charge < -0.3 is 5.11 Å². The molecular formula is C16H22N2O. The average molecular weight is 258 g/mol. The number of benzene rings is 1. The summed E-state index contributed by atoms with van der Waals surface area (Å²) in [6, 6.07) is 12.1. The zero-order chi connectivity index (χ0) is 13.7. The van der Waals surface area contributed by atoms with Crippen LogP contribution in [-0.4, -0.2) is 20.5 Å². The van der Waals surface area contributed by atoms with Crippen LogP contribution >= 0.6 is 0 Å². The van der Waals surface area contributed by atoms with Crippen LogP contribution in [0.3, 0.4) is 0 Å². The van der Waals surface area contributed by atoms with Crippen LogP contribution in [0.2, 0.25) is 0 Å². The molecule has 1 atom stereocenters. The van der Waals surface area contributed by atoms with E-state index in [2.05, 4.69) is 12.0 Å². The molecule has 0 saturated heterocycles. The van der Waals surface area contributed by atoms with Crippen LogP contribution < -0.4 is 0 Å². The van der Waals surface area contributed by atoms with Crippen molar-refractivity contribution in [1.82, 2.24) is 9.78 Å². The number of hydrogen-bond donors (Lipinski definition) is 1. The molecule has 2 rings (SSSR count). The first-order chi connectivity index (χ1) is 9.17. The molecule has 0 bridgehead atoms. The predicted molar refractivity (Wildman–Crippen MR) is 77.8 cm³/mol. The Bertz CT molecular complexity index is 506. The van der Waals surface area contributed by atoms with Crippen LogP contribution in [-0.2, 0) is 6.54 Å². The van der Waals surface area contributed by atoms with E-state index in [1.165, 1.54) is 0 Å². The Balaban J connectivity index is 2.13. The number of aliphatic hydroxyl groups is 1. The lowest BCUT2D eigenvalue weighted by atomic mass is 9.95. The molecule has 1 N–H and O–H groups in total. The average Bonchev–Trinajstić information content (AvgIpc) is 2.88. The van der Waals surface area contributed by atoms with Crippen LogP contribution in [0.25, 0.3) is 11.3 Å². The zero-order valence-corrected chi connectivity index (χ0v) is 11.7. The van der Waals surface area contributed by atoms with Crippen LogP contribution in [0.5, 0.6) is 0 Å². The van der Waals surface area contributed by atoms with Gasteiger partial charge >= 0.3 is 0 Å². The molecule has 1 aromatic carbocycles. The topological polar surface area (TPSA) is 38.0 Å². The second-order valence-electron chi connectivity index (χ2n) is 5.09. The number of aromatic nitrogens is 2. The molecule has 2 aromatic rings. The standard InChI is InChI=1S/C16H22N2O/c1-3-11-16(19,4-2)13-18-12-10-15(17-18)14-8-6-5-7-9-14/h5-10,12,19H,3-4,11,13H2,1-2H3. The third kappa shape index (κ3) is 3.44. The highest BCUT2D eigenvalue weighted by Crippen LogP contribution is 2.21. The Morgan fingerprint density at radius 1 is 1.16 bits per heavy atom. The van der Waals surface area contributed by atoms with Crippen molar-refractivity contribution in [2.45, 2.75) is 45.3 Å². The fourth-order valence-corrected chi connectivity index (χ4v) is 2.35. The largest absolute Gasteiger partial charge is 0.388 e. The lowest BCUT2D eigenvalue weighted by Crippen LogP contribution is -2.33. The van der Waals surface area contributed by atoms with E-state index in [1.54, 1.807) is 0 Å². The molecule has 0 saturated carbocycles. The Hall–Kier alpha value is -1.61. The van der Waals surface area contributed by atoms with Gasteiger partial charge in [0.1, 0.15) is 0 Å². The minimum atomic E-state index is -0.644. The second-order valence-corrected chi connectivity index (χ2v) is 5.09. The molecule has 0 radical (unpaired) electrons. The Kier molecular flexibility index (Phi) is 4.38. The molecule has 0 spiro atoms. The van der Waals surface area contributed by atoms with E-state index in [4.69, 9.17) is 0 Å². The molecule has 0 aliphatic carbocycles. The van der Waals surface area contributed by atoms with Gasteiger partial charge in [-0.1, -0.05) is 50.6 Å². The van der Waals surface area contributed by atoms with Crippen LogP contribution in [0, 0.1) is 0 Å². The zero-order valence-electron chi connectivity index (χ0n) is 11.7. The lowest BCUT2D eigenvalue weighted by molar-refractivity contribution is 0.00675. The molecule has 19 heavy (non-hydrogen) atoms. The first-order valence-corrected chi connectivity index (χ1v) is 6.98. The maximum atomic E-state index is 10.5. The van der Waals surface area contributed by atoms with Crippen molar-refractivity contribution in [2.24, 2.45) is 0 Å².